The molecule has 1 atom stereocenters. The number of fused-ring (bicyclic) bond motifs is 1. The van der Waals surface area contributed by atoms with Gasteiger partial charge in [0.2, 0.25) is 5.91 Å². The van der Waals surface area contributed by atoms with Gasteiger partial charge in [-0.25, -0.2) is 9.97 Å². The van der Waals surface area contributed by atoms with Gasteiger partial charge < -0.3 is 19.7 Å². The molecule has 0 spiro atoms. The van der Waals surface area contributed by atoms with Crippen molar-refractivity contribution in [3.8, 4) is 22.6 Å². The van der Waals surface area contributed by atoms with Crippen LogP contribution in [0.25, 0.3) is 11.1 Å². The molecule has 1 amide bonds. The summed E-state index contributed by atoms with van der Waals surface area (Å²) in [4.78, 5) is 23.6. The Morgan fingerprint density at radius 2 is 2.00 bits per heavy atom. The van der Waals surface area contributed by atoms with Crippen LogP contribution in [0.1, 0.15) is 12.0 Å². The third-order valence-electron chi connectivity index (χ3n) is 6.30. The van der Waals surface area contributed by atoms with Crippen LogP contribution in [0.5, 0.6) is 11.5 Å². The molecule has 0 radical (unpaired) electrons. The number of carbonyl (C=O) groups excluding carboxylic acids is 1. The highest BCUT2D eigenvalue weighted by Gasteiger charge is 2.24. The first-order valence-electron chi connectivity index (χ1n) is 11.5. The van der Waals surface area contributed by atoms with Gasteiger partial charge in [-0.15, -0.1) is 0 Å². The van der Waals surface area contributed by atoms with Gasteiger partial charge in [0.1, 0.15) is 11.5 Å². The topological polar surface area (TPSA) is 76.6 Å². The van der Waals surface area contributed by atoms with Gasteiger partial charge in [0, 0.05) is 49.7 Å². The monoisotopic (exact) mass is 476 g/mol. The number of hydrogen-bond acceptors (Lipinski definition) is 7. The summed E-state index contributed by atoms with van der Waals surface area (Å²) in [5.41, 5.74) is 4.50. The van der Waals surface area contributed by atoms with E-state index < -0.39 is 0 Å². The Balaban J connectivity index is 1.05. The van der Waals surface area contributed by atoms with Crippen LogP contribution in [0.3, 0.4) is 0 Å². The number of anilines is 1. The molecule has 7 nitrogen and oxygen atoms in total. The Kier molecular flexibility index (Phi) is 6.85. The number of methoxy groups -OCH3 is 1. The van der Waals surface area contributed by atoms with Gasteiger partial charge in [0.25, 0.3) is 0 Å². The summed E-state index contributed by atoms with van der Waals surface area (Å²) < 4.78 is 10.8. The van der Waals surface area contributed by atoms with Gasteiger partial charge >= 0.3 is 0 Å². The molecule has 1 fully saturated rings. The third kappa shape index (κ3) is 5.28. The highest BCUT2D eigenvalue weighted by Crippen LogP contribution is 2.32. The number of nitrogens with zero attached hydrogens (tertiary/aromatic N) is 3. The predicted molar refractivity (Wildman–Crippen MR) is 134 cm³/mol. The molecule has 176 valence electrons. The van der Waals surface area contributed by atoms with Crippen LogP contribution in [0.15, 0.2) is 60.0 Å². The standard InChI is InChI=1S/C26H28N4O3S/c1-32-23-5-2-19(3-6-23)21-14-28-26(29-15-21)34-17-25(31)27-13-18-8-10-30(16-18)22-4-7-24-20(12-22)9-11-33-24/h2-7,12,14-15,18H,8-11,13,16-17H2,1H3,(H,27,31). The Hall–Kier alpha value is -3.26. The van der Waals surface area contributed by atoms with Crippen LogP contribution >= 0.6 is 11.8 Å². The maximum Gasteiger partial charge on any atom is 0.230 e. The Morgan fingerprint density at radius 1 is 1.18 bits per heavy atom. The minimum absolute atomic E-state index is 0.0148. The lowest BCUT2D eigenvalue weighted by molar-refractivity contribution is -0.118. The summed E-state index contributed by atoms with van der Waals surface area (Å²) in [5.74, 6) is 2.61. The van der Waals surface area contributed by atoms with E-state index in [1.165, 1.54) is 23.0 Å². The SMILES string of the molecule is COc1ccc(-c2cnc(SCC(=O)NCC3CCN(c4ccc5c(c4)CCO5)C3)nc2)cc1. The van der Waals surface area contributed by atoms with Gasteiger partial charge in [-0.1, -0.05) is 23.9 Å². The van der Waals surface area contributed by atoms with Crippen molar-refractivity contribution in [2.75, 3.05) is 44.0 Å². The largest absolute Gasteiger partial charge is 0.497 e. The van der Waals surface area contributed by atoms with Crippen molar-refractivity contribution >= 4 is 23.4 Å². The molecule has 1 saturated heterocycles. The van der Waals surface area contributed by atoms with E-state index in [-0.39, 0.29) is 5.91 Å². The highest BCUT2D eigenvalue weighted by atomic mass is 32.2. The van der Waals surface area contributed by atoms with E-state index >= 15 is 0 Å². The average Bonchev–Trinajstić information content (AvgIpc) is 3.56. The fourth-order valence-electron chi connectivity index (χ4n) is 4.37. The minimum atomic E-state index is 0.0148. The normalized spacial score (nSPS) is 16.7. The zero-order chi connectivity index (χ0) is 23.3. The number of hydrogen-bond donors (Lipinski definition) is 1. The number of nitrogens with one attached hydrogen (secondary N) is 1. The number of ether oxygens (including phenoxy) is 2. The number of aromatic nitrogens is 2. The first-order valence-corrected chi connectivity index (χ1v) is 12.5. The first kappa shape index (κ1) is 22.5. The van der Waals surface area contributed by atoms with Crippen molar-refractivity contribution < 1.29 is 14.3 Å². The number of amides is 1. The summed E-state index contributed by atoms with van der Waals surface area (Å²) in [7, 11) is 1.65. The van der Waals surface area contributed by atoms with E-state index in [0.29, 0.717) is 23.4 Å². The lowest BCUT2D eigenvalue weighted by Crippen LogP contribution is -2.32. The zero-order valence-corrected chi connectivity index (χ0v) is 20.0. The van der Waals surface area contributed by atoms with E-state index in [2.05, 4.69) is 38.4 Å². The summed E-state index contributed by atoms with van der Waals surface area (Å²) >= 11 is 1.35. The fourth-order valence-corrected chi connectivity index (χ4v) is 4.98. The Labute approximate surface area is 203 Å². The van der Waals surface area contributed by atoms with Crippen molar-refractivity contribution in [1.29, 1.82) is 0 Å². The van der Waals surface area contributed by atoms with Crippen LogP contribution in [0.4, 0.5) is 5.69 Å². The fraction of sp³-hybridized carbons (Fsp3) is 0.346. The maximum atomic E-state index is 12.4. The second kappa shape index (κ2) is 10.3. The van der Waals surface area contributed by atoms with Crippen LogP contribution in [0, 0.1) is 5.92 Å². The number of thioether (sulfide) groups is 1. The molecule has 1 unspecified atom stereocenters. The minimum Gasteiger partial charge on any atom is -0.497 e. The summed E-state index contributed by atoms with van der Waals surface area (Å²) in [6.45, 7) is 3.46. The van der Waals surface area contributed by atoms with Gasteiger partial charge in [0.05, 0.1) is 19.5 Å². The van der Waals surface area contributed by atoms with Crippen molar-refractivity contribution in [2.45, 2.75) is 18.0 Å². The van der Waals surface area contributed by atoms with E-state index in [0.717, 1.165) is 55.2 Å². The van der Waals surface area contributed by atoms with E-state index in [1.807, 2.05) is 24.3 Å². The second-order valence-electron chi connectivity index (χ2n) is 8.57. The quantitative estimate of drug-likeness (QED) is 0.391. The highest BCUT2D eigenvalue weighted by molar-refractivity contribution is 7.99. The number of benzene rings is 2. The van der Waals surface area contributed by atoms with Crippen molar-refractivity contribution in [3.63, 3.8) is 0 Å². The molecule has 2 aliphatic rings. The molecule has 2 aliphatic heterocycles. The van der Waals surface area contributed by atoms with Crippen LogP contribution in [-0.4, -0.2) is 55.0 Å². The maximum absolute atomic E-state index is 12.4. The van der Waals surface area contributed by atoms with E-state index in [4.69, 9.17) is 9.47 Å². The third-order valence-corrected chi connectivity index (χ3v) is 7.17. The predicted octanol–water partition coefficient (Wildman–Crippen LogP) is 3.82. The van der Waals surface area contributed by atoms with Crippen LogP contribution < -0.4 is 19.7 Å². The molecule has 1 aromatic heterocycles. The van der Waals surface area contributed by atoms with Crippen molar-refractivity contribution in [3.05, 3.63) is 60.4 Å². The van der Waals surface area contributed by atoms with Crippen LogP contribution in [0.2, 0.25) is 0 Å². The molecule has 0 bridgehead atoms. The molecule has 34 heavy (non-hydrogen) atoms. The molecule has 1 N–H and O–H groups in total. The van der Waals surface area contributed by atoms with Crippen molar-refractivity contribution in [2.24, 2.45) is 5.92 Å². The summed E-state index contributed by atoms with van der Waals surface area (Å²) in [6, 6.07) is 14.2. The van der Waals surface area contributed by atoms with E-state index in [1.54, 1.807) is 19.5 Å². The summed E-state index contributed by atoms with van der Waals surface area (Å²) in [5, 5.41) is 3.68. The first-order chi connectivity index (χ1) is 16.7. The zero-order valence-electron chi connectivity index (χ0n) is 19.2. The molecule has 0 saturated carbocycles. The van der Waals surface area contributed by atoms with E-state index in [9.17, 15) is 4.79 Å². The summed E-state index contributed by atoms with van der Waals surface area (Å²) in [6.07, 6.45) is 5.64. The number of carbonyl (C=O) groups is 1. The average molecular weight is 477 g/mol. The Morgan fingerprint density at radius 3 is 2.79 bits per heavy atom. The van der Waals surface area contributed by atoms with Crippen LogP contribution in [-0.2, 0) is 11.2 Å². The smallest absolute Gasteiger partial charge is 0.230 e. The molecule has 8 heteroatoms. The molecule has 3 heterocycles. The van der Waals surface area contributed by atoms with Gasteiger partial charge in [0.15, 0.2) is 5.16 Å². The second-order valence-corrected chi connectivity index (χ2v) is 9.51. The molecule has 3 aromatic rings. The molecule has 0 aliphatic carbocycles. The van der Waals surface area contributed by atoms with Gasteiger partial charge in [-0.3, -0.25) is 4.79 Å². The number of rotatable bonds is 8. The lowest BCUT2D eigenvalue weighted by Gasteiger charge is -2.19. The Bertz CT molecular complexity index is 1140. The lowest BCUT2D eigenvalue weighted by atomic mass is 10.1. The van der Waals surface area contributed by atoms with Gasteiger partial charge in [-0.05, 0) is 53.8 Å². The molecule has 2 aromatic carbocycles. The molecular formula is C26H28N4O3S. The van der Waals surface area contributed by atoms with Gasteiger partial charge in [-0.2, -0.15) is 0 Å². The molecular weight excluding hydrogens is 448 g/mol. The van der Waals surface area contributed by atoms with Crippen molar-refractivity contribution in [1.82, 2.24) is 15.3 Å². The molecule has 5 rings (SSSR count).